The monoisotopic (exact) mass is 429 g/mol. The maximum atomic E-state index is 12.9. The summed E-state index contributed by atoms with van der Waals surface area (Å²) in [5.41, 5.74) is 1.88. The maximum Gasteiger partial charge on any atom is 0.271 e. The highest BCUT2D eigenvalue weighted by Gasteiger charge is 2.18. The second-order valence-corrected chi connectivity index (χ2v) is 6.79. The summed E-state index contributed by atoms with van der Waals surface area (Å²) in [4.78, 5) is 27.7. The van der Waals surface area contributed by atoms with Gasteiger partial charge in [0, 0.05) is 28.9 Å². The number of nitrogens with one attached hydrogen (secondary N) is 1. The Morgan fingerprint density at radius 1 is 1.09 bits per heavy atom. The fourth-order valence-electron chi connectivity index (χ4n) is 3.18. The van der Waals surface area contributed by atoms with Crippen LogP contribution in [-0.2, 0) is 0 Å². The molecule has 0 aliphatic carbocycles. The summed E-state index contributed by atoms with van der Waals surface area (Å²) in [7, 11) is 0. The number of aromatic nitrogens is 1. The molecule has 1 heterocycles. The molecule has 0 saturated carbocycles. The predicted octanol–water partition coefficient (Wildman–Crippen LogP) is 5.57. The van der Waals surface area contributed by atoms with Crippen LogP contribution in [0.1, 0.15) is 17.3 Å². The van der Waals surface area contributed by atoms with Crippen LogP contribution in [0, 0.1) is 10.1 Å². The van der Waals surface area contributed by atoms with E-state index in [2.05, 4.69) is 10.3 Å². The summed E-state index contributed by atoms with van der Waals surface area (Å²) in [5, 5.41) is 13.7. The first-order valence-electron chi connectivity index (χ1n) is 9.89. The number of hydrogen-bond donors (Lipinski definition) is 1. The minimum Gasteiger partial charge on any atom is -0.494 e. The van der Waals surface area contributed by atoms with Crippen LogP contribution < -0.4 is 10.1 Å². The summed E-state index contributed by atoms with van der Waals surface area (Å²) in [6.45, 7) is 2.50. The SMILES string of the molecule is CCOc1ccc(-c2cnc(-c3ccccc3C(=O)Nc3cccc([N+](=O)[O-])c3)o2)cc1. The number of rotatable bonds is 7. The molecule has 4 aromatic rings. The van der Waals surface area contributed by atoms with Crippen molar-refractivity contribution in [1.82, 2.24) is 4.98 Å². The van der Waals surface area contributed by atoms with Crippen LogP contribution in [0.15, 0.2) is 83.4 Å². The third-order valence-electron chi connectivity index (χ3n) is 4.67. The molecule has 1 N–H and O–H groups in total. The van der Waals surface area contributed by atoms with Gasteiger partial charge in [0.2, 0.25) is 5.89 Å². The quantitative estimate of drug-likeness (QED) is 0.304. The van der Waals surface area contributed by atoms with Gasteiger partial charge >= 0.3 is 0 Å². The minimum atomic E-state index is -0.515. The number of hydrogen-bond acceptors (Lipinski definition) is 6. The Balaban J connectivity index is 1.59. The van der Waals surface area contributed by atoms with E-state index in [1.165, 1.54) is 18.2 Å². The van der Waals surface area contributed by atoms with Crippen LogP contribution in [0.5, 0.6) is 5.75 Å². The average molecular weight is 429 g/mol. The maximum absolute atomic E-state index is 12.9. The van der Waals surface area contributed by atoms with Gasteiger partial charge in [-0.15, -0.1) is 0 Å². The van der Waals surface area contributed by atoms with Crippen LogP contribution >= 0.6 is 0 Å². The first-order valence-corrected chi connectivity index (χ1v) is 9.89. The number of benzene rings is 3. The van der Waals surface area contributed by atoms with Crippen molar-refractivity contribution in [2.24, 2.45) is 0 Å². The Hall–Kier alpha value is -4.46. The molecule has 0 aliphatic rings. The van der Waals surface area contributed by atoms with Crippen LogP contribution in [0.3, 0.4) is 0 Å². The summed E-state index contributed by atoms with van der Waals surface area (Å²) in [6, 6.07) is 20.1. The molecule has 0 unspecified atom stereocenters. The summed E-state index contributed by atoms with van der Waals surface area (Å²) >= 11 is 0. The van der Waals surface area contributed by atoms with E-state index in [9.17, 15) is 14.9 Å². The zero-order valence-electron chi connectivity index (χ0n) is 17.1. The Morgan fingerprint density at radius 2 is 1.88 bits per heavy atom. The first-order chi connectivity index (χ1) is 15.5. The number of nitrogens with zero attached hydrogens (tertiary/aromatic N) is 2. The highest BCUT2D eigenvalue weighted by molar-refractivity contribution is 6.08. The lowest BCUT2D eigenvalue weighted by atomic mass is 10.1. The Labute approximate surface area is 183 Å². The van der Waals surface area contributed by atoms with Gasteiger partial charge < -0.3 is 14.5 Å². The van der Waals surface area contributed by atoms with E-state index in [0.717, 1.165) is 11.3 Å². The molecular weight excluding hydrogens is 410 g/mol. The van der Waals surface area contributed by atoms with Crippen molar-refractivity contribution in [2.75, 3.05) is 11.9 Å². The fraction of sp³-hybridized carbons (Fsp3) is 0.0833. The summed E-state index contributed by atoms with van der Waals surface area (Å²) in [5.74, 6) is 1.18. The van der Waals surface area contributed by atoms with E-state index in [-0.39, 0.29) is 5.69 Å². The number of nitro groups is 1. The minimum absolute atomic E-state index is 0.108. The Kier molecular flexibility index (Phi) is 5.94. The molecule has 160 valence electrons. The van der Waals surface area contributed by atoms with Crippen LogP contribution in [0.4, 0.5) is 11.4 Å². The largest absolute Gasteiger partial charge is 0.494 e. The van der Waals surface area contributed by atoms with Crippen molar-refractivity contribution in [1.29, 1.82) is 0 Å². The normalized spacial score (nSPS) is 10.5. The molecule has 0 saturated heterocycles. The molecule has 8 heteroatoms. The van der Waals surface area contributed by atoms with Gasteiger partial charge in [-0.05, 0) is 49.4 Å². The molecule has 0 spiro atoms. The van der Waals surface area contributed by atoms with Crippen LogP contribution in [-0.4, -0.2) is 22.4 Å². The van der Waals surface area contributed by atoms with Crippen molar-refractivity contribution in [3.05, 3.63) is 94.7 Å². The van der Waals surface area contributed by atoms with Gasteiger partial charge in [0.15, 0.2) is 5.76 Å². The molecule has 1 aromatic heterocycles. The smallest absolute Gasteiger partial charge is 0.271 e. The van der Waals surface area contributed by atoms with E-state index in [1.807, 2.05) is 31.2 Å². The van der Waals surface area contributed by atoms with E-state index < -0.39 is 10.8 Å². The lowest BCUT2D eigenvalue weighted by molar-refractivity contribution is -0.384. The van der Waals surface area contributed by atoms with Crippen molar-refractivity contribution in [2.45, 2.75) is 6.92 Å². The summed E-state index contributed by atoms with van der Waals surface area (Å²) in [6.07, 6.45) is 1.60. The highest BCUT2D eigenvalue weighted by atomic mass is 16.6. The van der Waals surface area contributed by atoms with Gasteiger partial charge in [-0.25, -0.2) is 4.98 Å². The van der Waals surface area contributed by atoms with Crippen molar-refractivity contribution >= 4 is 17.3 Å². The van der Waals surface area contributed by atoms with Gasteiger partial charge in [0.25, 0.3) is 11.6 Å². The summed E-state index contributed by atoms with van der Waals surface area (Å²) < 4.78 is 11.4. The standard InChI is InChI=1S/C24H19N3O5/c1-2-31-19-12-10-16(11-13-19)22-15-25-24(32-22)21-9-4-3-8-20(21)23(28)26-17-6-5-7-18(14-17)27(29)30/h3-15H,2H2,1H3,(H,26,28). The van der Waals surface area contributed by atoms with Gasteiger partial charge in [-0.1, -0.05) is 18.2 Å². The Morgan fingerprint density at radius 3 is 2.62 bits per heavy atom. The van der Waals surface area contributed by atoms with Gasteiger partial charge in [0.1, 0.15) is 5.75 Å². The highest BCUT2D eigenvalue weighted by Crippen LogP contribution is 2.30. The number of amides is 1. The number of nitro benzene ring substituents is 1. The van der Waals surface area contributed by atoms with Gasteiger partial charge in [-0.2, -0.15) is 0 Å². The number of oxazole rings is 1. The van der Waals surface area contributed by atoms with E-state index >= 15 is 0 Å². The number of carbonyl (C=O) groups excluding carboxylic acids is 1. The second-order valence-electron chi connectivity index (χ2n) is 6.79. The molecule has 0 atom stereocenters. The molecule has 1 amide bonds. The zero-order valence-corrected chi connectivity index (χ0v) is 17.1. The molecule has 8 nitrogen and oxygen atoms in total. The molecule has 0 radical (unpaired) electrons. The predicted molar refractivity (Wildman–Crippen MR) is 120 cm³/mol. The van der Waals surface area contributed by atoms with E-state index in [4.69, 9.17) is 9.15 Å². The second kappa shape index (κ2) is 9.13. The molecular formula is C24H19N3O5. The molecule has 0 fully saturated rings. The molecule has 3 aromatic carbocycles. The number of non-ortho nitro benzene ring substituents is 1. The van der Waals surface area contributed by atoms with E-state index in [0.29, 0.717) is 35.1 Å². The van der Waals surface area contributed by atoms with Crippen molar-refractivity contribution < 1.29 is 18.9 Å². The Bertz CT molecular complexity index is 1260. The number of carbonyl (C=O) groups is 1. The van der Waals surface area contributed by atoms with Crippen LogP contribution in [0.25, 0.3) is 22.8 Å². The first kappa shape index (κ1) is 20.8. The fourth-order valence-corrected chi connectivity index (χ4v) is 3.18. The third-order valence-corrected chi connectivity index (χ3v) is 4.67. The number of ether oxygens (including phenoxy) is 1. The third kappa shape index (κ3) is 4.49. The molecule has 0 aliphatic heterocycles. The van der Waals surface area contributed by atoms with Crippen molar-refractivity contribution in [3.63, 3.8) is 0 Å². The number of anilines is 1. The van der Waals surface area contributed by atoms with Crippen LogP contribution in [0.2, 0.25) is 0 Å². The van der Waals surface area contributed by atoms with Gasteiger partial charge in [0.05, 0.1) is 23.3 Å². The lowest BCUT2D eigenvalue weighted by Crippen LogP contribution is -2.13. The zero-order chi connectivity index (χ0) is 22.5. The lowest BCUT2D eigenvalue weighted by Gasteiger charge is -2.08. The van der Waals surface area contributed by atoms with Crippen molar-refractivity contribution in [3.8, 4) is 28.5 Å². The van der Waals surface area contributed by atoms with E-state index in [1.54, 1.807) is 36.5 Å². The average Bonchev–Trinajstić information content (AvgIpc) is 3.30. The molecule has 32 heavy (non-hydrogen) atoms. The topological polar surface area (TPSA) is 108 Å². The molecule has 4 rings (SSSR count). The van der Waals surface area contributed by atoms with Gasteiger partial charge in [-0.3, -0.25) is 14.9 Å². The molecule has 0 bridgehead atoms.